The van der Waals surface area contributed by atoms with Crippen LogP contribution in [0.1, 0.15) is 71.6 Å². The van der Waals surface area contributed by atoms with Gasteiger partial charge in [-0.2, -0.15) is 0 Å². The first-order valence-corrected chi connectivity index (χ1v) is 8.21. The van der Waals surface area contributed by atoms with Gasteiger partial charge in [0.15, 0.2) is 0 Å². The quantitative estimate of drug-likeness (QED) is 0.583. The molecule has 0 heterocycles. The van der Waals surface area contributed by atoms with Gasteiger partial charge in [-0.3, -0.25) is 0 Å². The average Bonchev–Trinajstić information content (AvgIpc) is 2.73. The van der Waals surface area contributed by atoms with E-state index in [-0.39, 0.29) is 6.10 Å². The van der Waals surface area contributed by atoms with Gasteiger partial charge in [-0.1, -0.05) is 33.1 Å². The molecule has 2 heteroatoms. The van der Waals surface area contributed by atoms with Crippen molar-refractivity contribution in [1.82, 2.24) is 0 Å². The molecular weight excluding hydrogens is 236 g/mol. The zero-order valence-electron chi connectivity index (χ0n) is 12.6. The van der Waals surface area contributed by atoms with Gasteiger partial charge < -0.3 is 9.90 Å². The van der Waals surface area contributed by atoms with Crippen LogP contribution in [0.15, 0.2) is 0 Å². The van der Waals surface area contributed by atoms with E-state index in [1.54, 1.807) is 0 Å². The molecule has 5 atom stereocenters. The summed E-state index contributed by atoms with van der Waals surface area (Å²) in [5, 5.41) is 10.3. The fourth-order valence-corrected chi connectivity index (χ4v) is 5.02. The second-order valence-electron chi connectivity index (χ2n) is 7.18. The van der Waals surface area contributed by atoms with Crippen LogP contribution < -0.4 is 0 Å². The van der Waals surface area contributed by atoms with Crippen LogP contribution in [0.5, 0.6) is 0 Å². The number of carbonyl (C=O) groups excluding carboxylic acids is 1. The molecule has 110 valence electrons. The molecule has 0 saturated heterocycles. The van der Waals surface area contributed by atoms with E-state index in [2.05, 4.69) is 13.8 Å². The SMILES string of the molecule is C[C@H](CCCCC=O)C1CC[C@H]2[C@@H](O)CCC[C@]12C. The summed E-state index contributed by atoms with van der Waals surface area (Å²) in [5.41, 5.74) is 0.377. The van der Waals surface area contributed by atoms with Crippen LogP contribution in [0.25, 0.3) is 0 Å². The molecule has 2 nitrogen and oxygen atoms in total. The lowest BCUT2D eigenvalue weighted by Gasteiger charge is -2.45. The summed E-state index contributed by atoms with van der Waals surface area (Å²) in [6.07, 6.45) is 11.2. The van der Waals surface area contributed by atoms with Crippen LogP contribution in [-0.2, 0) is 4.79 Å². The smallest absolute Gasteiger partial charge is 0.119 e. The molecule has 0 aliphatic heterocycles. The number of aliphatic hydroxyl groups excluding tert-OH is 1. The highest BCUT2D eigenvalue weighted by Crippen LogP contribution is 2.58. The molecule has 0 bridgehead atoms. The Labute approximate surface area is 118 Å². The van der Waals surface area contributed by atoms with Crippen molar-refractivity contribution < 1.29 is 9.90 Å². The summed E-state index contributed by atoms with van der Waals surface area (Å²) in [7, 11) is 0. The molecule has 2 saturated carbocycles. The maximum Gasteiger partial charge on any atom is 0.119 e. The first-order valence-electron chi connectivity index (χ1n) is 8.21. The van der Waals surface area contributed by atoms with E-state index < -0.39 is 0 Å². The highest BCUT2D eigenvalue weighted by molar-refractivity contribution is 5.48. The van der Waals surface area contributed by atoms with E-state index in [0.717, 1.165) is 37.4 Å². The van der Waals surface area contributed by atoms with Gasteiger partial charge in [-0.15, -0.1) is 0 Å². The number of hydrogen-bond donors (Lipinski definition) is 1. The number of hydrogen-bond acceptors (Lipinski definition) is 2. The zero-order chi connectivity index (χ0) is 13.9. The largest absolute Gasteiger partial charge is 0.393 e. The normalized spacial score (nSPS) is 39.8. The van der Waals surface area contributed by atoms with Gasteiger partial charge in [0.1, 0.15) is 6.29 Å². The first-order chi connectivity index (χ1) is 9.09. The van der Waals surface area contributed by atoms with Crippen LogP contribution >= 0.6 is 0 Å². The van der Waals surface area contributed by atoms with E-state index >= 15 is 0 Å². The number of aldehydes is 1. The molecule has 0 spiro atoms. The second kappa shape index (κ2) is 6.39. The third-order valence-electron chi connectivity index (χ3n) is 6.08. The summed E-state index contributed by atoms with van der Waals surface area (Å²) < 4.78 is 0. The maximum absolute atomic E-state index is 10.4. The van der Waals surface area contributed by atoms with Gasteiger partial charge in [0.2, 0.25) is 0 Å². The second-order valence-corrected chi connectivity index (χ2v) is 7.18. The molecule has 0 amide bonds. The Kier molecular flexibility index (Phi) is 5.05. The Hall–Kier alpha value is -0.370. The molecule has 0 aromatic heterocycles. The molecule has 0 radical (unpaired) electrons. The minimum absolute atomic E-state index is 0.0500. The van der Waals surface area contributed by atoms with Crippen molar-refractivity contribution in [3.63, 3.8) is 0 Å². The van der Waals surface area contributed by atoms with E-state index in [1.165, 1.54) is 38.5 Å². The van der Waals surface area contributed by atoms with Crippen LogP contribution in [0.2, 0.25) is 0 Å². The number of fused-ring (bicyclic) bond motifs is 1. The summed E-state index contributed by atoms with van der Waals surface area (Å²) in [5.74, 6) is 2.07. The van der Waals surface area contributed by atoms with Crippen molar-refractivity contribution in [2.24, 2.45) is 23.2 Å². The number of unbranched alkanes of at least 4 members (excludes halogenated alkanes) is 2. The van der Waals surface area contributed by atoms with Crippen LogP contribution in [0.4, 0.5) is 0 Å². The van der Waals surface area contributed by atoms with Gasteiger partial charge in [0, 0.05) is 6.42 Å². The van der Waals surface area contributed by atoms with Gasteiger partial charge in [-0.25, -0.2) is 0 Å². The molecule has 0 aromatic rings. The topological polar surface area (TPSA) is 37.3 Å². The van der Waals surface area contributed by atoms with Gasteiger partial charge in [0.05, 0.1) is 6.10 Å². The van der Waals surface area contributed by atoms with Crippen molar-refractivity contribution >= 4 is 6.29 Å². The Bertz CT molecular complexity index is 302. The van der Waals surface area contributed by atoms with Crippen molar-refractivity contribution in [2.75, 3.05) is 0 Å². The Morgan fingerprint density at radius 1 is 1.32 bits per heavy atom. The predicted octanol–water partition coefficient (Wildman–Crippen LogP) is 3.96. The average molecular weight is 266 g/mol. The number of aliphatic hydroxyl groups is 1. The third-order valence-corrected chi connectivity index (χ3v) is 6.08. The Morgan fingerprint density at radius 3 is 2.84 bits per heavy atom. The summed E-state index contributed by atoms with van der Waals surface area (Å²) in [4.78, 5) is 10.4. The minimum Gasteiger partial charge on any atom is -0.393 e. The van der Waals surface area contributed by atoms with Crippen molar-refractivity contribution in [1.29, 1.82) is 0 Å². The maximum atomic E-state index is 10.4. The van der Waals surface area contributed by atoms with Crippen LogP contribution in [-0.4, -0.2) is 17.5 Å². The van der Waals surface area contributed by atoms with Gasteiger partial charge >= 0.3 is 0 Å². The van der Waals surface area contributed by atoms with E-state index in [1.807, 2.05) is 0 Å². The summed E-state index contributed by atoms with van der Waals surface area (Å²) in [6, 6.07) is 0. The highest BCUT2D eigenvalue weighted by Gasteiger charge is 2.51. The predicted molar refractivity (Wildman–Crippen MR) is 77.9 cm³/mol. The molecule has 2 rings (SSSR count). The fourth-order valence-electron chi connectivity index (χ4n) is 5.02. The first kappa shape index (κ1) is 15.0. The molecular formula is C17H30O2. The zero-order valence-corrected chi connectivity index (χ0v) is 12.6. The lowest BCUT2D eigenvalue weighted by molar-refractivity contribution is -0.107. The number of rotatable bonds is 6. The molecule has 19 heavy (non-hydrogen) atoms. The van der Waals surface area contributed by atoms with E-state index in [0.29, 0.717) is 11.3 Å². The molecule has 2 aliphatic carbocycles. The van der Waals surface area contributed by atoms with Crippen molar-refractivity contribution in [2.45, 2.75) is 77.7 Å². The van der Waals surface area contributed by atoms with Gasteiger partial charge in [-0.05, 0) is 55.3 Å². The fraction of sp³-hybridized carbons (Fsp3) is 0.941. The molecule has 1 unspecified atom stereocenters. The molecule has 0 aromatic carbocycles. The summed E-state index contributed by atoms with van der Waals surface area (Å²) >= 11 is 0. The molecule has 1 N–H and O–H groups in total. The van der Waals surface area contributed by atoms with E-state index in [4.69, 9.17) is 0 Å². The minimum atomic E-state index is -0.0500. The highest BCUT2D eigenvalue weighted by atomic mass is 16.3. The van der Waals surface area contributed by atoms with Crippen LogP contribution in [0, 0.1) is 23.2 Å². The lowest BCUT2D eigenvalue weighted by atomic mass is 9.61. The third kappa shape index (κ3) is 3.04. The molecule has 2 aliphatic rings. The van der Waals surface area contributed by atoms with Crippen LogP contribution in [0.3, 0.4) is 0 Å². The monoisotopic (exact) mass is 266 g/mol. The Morgan fingerprint density at radius 2 is 2.11 bits per heavy atom. The van der Waals surface area contributed by atoms with Gasteiger partial charge in [0.25, 0.3) is 0 Å². The Balaban J connectivity index is 1.91. The number of carbonyl (C=O) groups is 1. The van der Waals surface area contributed by atoms with E-state index in [9.17, 15) is 9.90 Å². The standard InChI is InChI=1S/C17H30O2/c1-13(7-4-3-5-12-18)14-9-10-15-16(19)8-6-11-17(14,15)2/h12-16,19H,3-11H2,1-2H3/t13-,14?,15+,16+,17-/m1/s1. The molecule has 2 fully saturated rings. The van der Waals surface area contributed by atoms with Crippen molar-refractivity contribution in [3.05, 3.63) is 0 Å². The summed E-state index contributed by atoms with van der Waals surface area (Å²) in [6.45, 7) is 4.82. The van der Waals surface area contributed by atoms with Crippen molar-refractivity contribution in [3.8, 4) is 0 Å². The lowest BCUT2D eigenvalue weighted by Crippen LogP contribution is -2.41.